The Kier molecular flexibility index (Phi) is 25.5. The summed E-state index contributed by atoms with van der Waals surface area (Å²) in [5, 5.41) is 0. The zero-order chi connectivity index (χ0) is 24.3. The molecule has 196 valence electrons. The first-order valence-corrected chi connectivity index (χ1v) is 14.6. The molecule has 0 unspecified atom stereocenters. The molecule has 2 heteroatoms. The molecule has 0 bridgehead atoms. The first-order chi connectivity index (χ1) is 16.2. The molecule has 0 N–H and O–H groups in total. The van der Waals surface area contributed by atoms with Gasteiger partial charge in [0.15, 0.2) is 5.79 Å². The molecule has 2 nitrogen and oxygen atoms in total. The van der Waals surface area contributed by atoms with Crippen LogP contribution in [0, 0.1) is 0 Å². The van der Waals surface area contributed by atoms with Gasteiger partial charge in [0.05, 0.1) is 0 Å². The van der Waals surface area contributed by atoms with Crippen molar-refractivity contribution in [2.24, 2.45) is 0 Å². The lowest BCUT2D eigenvalue weighted by Crippen LogP contribution is -2.33. The van der Waals surface area contributed by atoms with Gasteiger partial charge in [0.1, 0.15) is 0 Å². The number of methoxy groups -OCH3 is 2. The summed E-state index contributed by atoms with van der Waals surface area (Å²) in [5.74, 6) is -0.350. The van der Waals surface area contributed by atoms with E-state index < -0.39 is 0 Å². The van der Waals surface area contributed by atoms with Gasteiger partial charge in [-0.2, -0.15) is 0 Å². The van der Waals surface area contributed by atoms with Crippen molar-refractivity contribution in [2.45, 2.75) is 161 Å². The van der Waals surface area contributed by atoms with Crippen molar-refractivity contribution < 1.29 is 9.47 Å². The van der Waals surface area contributed by atoms with Crippen LogP contribution < -0.4 is 0 Å². The second-order valence-electron chi connectivity index (χ2n) is 9.88. The van der Waals surface area contributed by atoms with Crippen LogP contribution in [-0.4, -0.2) is 20.0 Å². The third-order valence-electron chi connectivity index (χ3n) is 6.91. The van der Waals surface area contributed by atoms with E-state index in [1.54, 1.807) is 0 Å². The molecule has 0 fully saturated rings. The van der Waals surface area contributed by atoms with Crippen molar-refractivity contribution in [1.82, 2.24) is 0 Å². The summed E-state index contributed by atoms with van der Waals surface area (Å²) in [5.41, 5.74) is 0. The highest BCUT2D eigenvalue weighted by Gasteiger charge is 2.28. The topological polar surface area (TPSA) is 18.5 Å². The van der Waals surface area contributed by atoms with E-state index in [2.05, 4.69) is 38.2 Å². The van der Waals surface area contributed by atoms with Crippen LogP contribution >= 0.6 is 0 Å². The largest absolute Gasteiger partial charge is 0.353 e. The maximum atomic E-state index is 5.84. The minimum absolute atomic E-state index is 0.350. The smallest absolute Gasteiger partial charge is 0.167 e. The molecule has 0 spiro atoms. The molecular weight excluding hydrogens is 404 g/mol. The monoisotopic (exact) mass is 464 g/mol. The van der Waals surface area contributed by atoms with Crippen molar-refractivity contribution in [3.8, 4) is 0 Å². The third kappa shape index (κ3) is 21.7. The van der Waals surface area contributed by atoms with Crippen molar-refractivity contribution in [2.75, 3.05) is 14.2 Å². The Balaban J connectivity index is 3.64. The molecule has 0 aromatic carbocycles. The number of ether oxygens (including phenoxy) is 2. The van der Waals surface area contributed by atoms with E-state index in [-0.39, 0.29) is 5.79 Å². The van der Waals surface area contributed by atoms with Gasteiger partial charge in [-0.25, -0.2) is 0 Å². The van der Waals surface area contributed by atoms with Gasteiger partial charge in [0.2, 0.25) is 0 Å². The standard InChI is InChI=1S/C31H60O2/c1-5-7-9-11-13-15-16-17-18-19-20-21-22-24-26-28-30-31(32-3,33-4)29-27-25-23-14-12-10-8-6-2/h13,15,17-18H,5-12,14,16,19-30H2,1-4H3/b15-13-,18-17-. The number of rotatable bonds is 26. The Morgan fingerprint density at radius 3 is 1.27 bits per heavy atom. The van der Waals surface area contributed by atoms with Crippen LogP contribution in [0.25, 0.3) is 0 Å². The Morgan fingerprint density at radius 1 is 0.455 bits per heavy atom. The van der Waals surface area contributed by atoms with Crippen molar-refractivity contribution in [1.29, 1.82) is 0 Å². The number of hydrogen-bond acceptors (Lipinski definition) is 2. The molecular formula is C31H60O2. The molecule has 0 aliphatic heterocycles. The van der Waals surface area contributed by atoms with E-state index in [1.807, 2.05) is 14.2 Å². The second-order valence-corrected chi connectivity index (χ2v) is 9.88. The average molecular weight is 465 g/mol. The highest BCUT2D eigenvalue weighted by Crippen LogP contribution is 2.27. The lowest BCUT2D eigenvalue weighted by atomic mass is 9.98. The Hall–Kier alpha value is -0.600. The predicted octanol–water partition coefficient (Wildman–Crippen LogP) is 10.7. The Labute approximate surface area is 209 Å². The predicted molar refractivity (Wildman–Crippen MR) is 148 cm³/mol. The third-order valence-corrected chi connectivity index (χ3v) is 6.91. The SMILES string of the molecule is CCCCC/C=C\C/C=C\CCCCCCCCC(CCCCCCCCCC)(OC)OC. The molecule has 33 heavy (non-hydrogen) atoms. The average Bonchev–Trinajstić information content (AvgIpc) is 2.84. The second kappa shape index (κ2) is 26.0. The number of hydrogen-bond donors (Lipinski definition) is 0. The summed E-state index contributed by atoms with van der Waals surface area (Å²) in [7, 11) is 3.65. The summed E-state index contributed by atoms with van der Waals surface area (Å²) < 4.78 is 11.7. The molecule has 0 aliphatic carbocycles. The lowest BCUT2D eigenvalue weighted by molar-refractivity contribution is -0.216. The van der Waals surface area contributed by atoms with Gasteiger partial charge in [-0.1, -0.05) is 122 Å². The van der Waals surface area contributed by atoms with Gasteiger partial charge in [-0.15, -0.1) is 0 Å². The highest BCUT2D eigenvalue weighted by atomic mass is 16.7. The van der Waals surface area contributed by atoms with Gasteiger partial charge in [0.25, 0.3) is 0 Å². The zero-order valence-electron chi connectivity index (χ0n) is 23.2. The Bertz CT molecular complexity index is 423. The molecule has 0 saturated carbocycles. The first kappa shape index (κ1) is 32.4. The van der Waals surface area contributed by atoms with Crippen LogP contribution in [0.5, 0.6) is 0 Å². The van der Waals surface area contributed by atoms with Crippen LogP contribution in [0.15, 0.2) is 24.3 Å². The number of allylic oxidation sites excluding steroid dienone is 4. The fraction of sp³-hybridized carbons (Fsp3) is 0.871. The lowest BCUT2D eigenvalue weighted by Gasteiger charge is -2.31. The van der Waals surface area contributed by atoms with Crippen LogP contribution in [0.2, 0.25) is 0 Å². The molecule has 0 rings (SSSR count). The van der Waals surface area contributed by atoms with E-state index >= 15 is 0 Å². The summed E-state index contributed by atoms with van der Waals surface area (Å²) in [6.07, 6.45) is 37.7. The van der Waals surface area contributed by atoms with Crippen LogP contribution in [-0.2, 0) is 9.47 Å². The van der Waals surface area contributed by atoms with Crippen molar-refractivity contribution in [3.63, 3.8) is 0 Å². The molecule has 0 aliphatic rings. The summed E-state index contributed by atoms with van der Waals surface area (Å²) in [4.78, 5) is 0. The molecule has 0 saturated heterocycles. The van der Waals surface area contributed by atoms with E-state index in [4.69, 9.17) is 9.47 Å². The van der Waals surface area contributed by atoms with Gasteiger partial charge in [0, 0.05) is 27.1 Å². The minimum Gasteiger partial charge on any atom is -0.353 e. The minimum atomic E-state index is -0.350. The van der Waals surface area contributed by atoms with Gasteiger partial charge >= 0.3 is 0 Å². The van der Waals surface area contributed by atoms with E-state index in [0.717, 1.165) is 19.3 Å². The summed E-state index contributed by atoms with van der Waals surface area (Å²) in [6.45, 7) is 4.54. The summed E-state index contributed by atoms with van der Waals surface area (Å²) in [6, 6.07) is 0. The molecule has 0 radical (unpaired) electrons. The maximum Gasteiger partial charge on any atom is 0.167 e. The Morgan fingerprint density at radius 2 is 0.818 bits per heavy atom. The fourth-order valence-corrected chi connectivity index (χ4v) is 4.53. The van der Waals surface area contributed by atoms with Gasteiger partial charge in [-0.3, -0.25) is 0 Å². The van der Waals surface area contributed by atoms with Crippen LogP contribution in [0.4, 0.5) is 0 Å². The van der Waals surface area contributed by atoms with Gasteiger partial charge < -0.3 is 9.47 Å². The summed E-state index contributed by atoms with van der Waals surface area (Å²) >= 11 is 0. The van der Waals surface area contributed by atoms with Crippen LogP contribution in [0.1, 0.15) is 155 Å². The van der Waals surface area contributed by atoms with E-state index in [9.17, 15) is 0 Å². The van der Waals surface area contributed by atoms with E-state index in [0.29, 0.717) is 0 Å². The zero-order valence-corrected chi connectivity index (χ0v) is 23.2. The molecule has 0 aromatic heterocycles. The molecule has 0 aromatic rings. The molecule has 0 heterocycles. The van der Waals surface area contributed by atoms with Crippen molar-refractivity contribution in [3.05, 3.63) is 24.3 Å². The molecule has 0 atom stereocenters. The van der Waals surface area contributed by atoms with Gasteiger partial charge in [-0.05, 0) is 44.9 Å². The quantitative estimate of drug-likeness (QED) is 0.0719. The first-order valence-electron chi connectivity index (χ1n) is 14.6. The molecule has 0 amide bonds. The van der Waals surface area contributed by atoms with Crippen LogP contribution in [0.3, 0.4) is 0 Å². The fourth-order valence-electron chi connectivity index (χ4n) is 4.53. The van der Waals surface area contributed by atoms with Crippen molar-refractivity contribution >= 4 is 0 Å². The maximum absolute atomic E-state index is 5.84. The highest BCUT2D eigenvalue weighted by molar-refractivity contribution is 4.92. The number of unbranched alkanes of at least 4 members (excludes halogenated alkanes) is 16. The van der Waals surface area contributed by atoms with E-state index in [1.165, 1.54) is 122 Å². The normalized spacial score (nSPS) is 12.5.